The highest BCUT2D eigenvalue weighted by molar-refractivity contribution is 5.70. The van der Waals surface area contributed by atoms with Gasteiger partial charge in [0, 0.05) is 6.04 Å². The normalized spacial score (nSPS) is 11.9. The summed E-state index contributed by atoms with van der Waals surface area (Å²) in [7, 11) is 1.35. The molecule has 0 spiro atoms. The van der Waals surface area contributed by atoms with Crippen molar-refractivity contribution < 1.29 is 14.3 Å². The van der Waals surface area contributed by atoms with Gasteiger partial charge in [0.25, 0.3) is 0 Å². The van der Waals surface area contributed by atoms with Gasteiger partial charge in [-0.3, -0.25) is 0 Å². The molecule has 1 unspecified atom stereocenters. The van der Waals surface area contributed by atoms with Crippen LogP contribution in [0.3, 0.4) is 0 Å². The molecule has 0 saturated carbocycles. The third-order valence-electron chi connectivity index (χ3n) is 2.93. The topological polar surface area (TPSA) is 47.6 Å². The van der Waals surface area contributed by atoms with E-state index in [4.69, 9.17) is 4.74 Å². The Labute approximate surface area is 115 Å². The zero-order valence-electron chi connectivity index (χ0n) is 11.9. The molecule has 0 saturated heterocycles. The molecule has 106 valence electrons. The SMILES string of the molecule is CCNC(C)CCc1ccc(OCC(=O)OC)cc1. The van der Waals surface area contributed by atoms with E-state index < -0.39 is 0 Å². The van der Waals surface area contributed by atoms with Crippen molar-refractivity contribution in [3.63, 3.8) is 0 Å². The molecule has 0 aliphatic heterocycles. The second-order valence-corrected chi connectivity index (χ2v) is 4.51. The fourth-order valence-electron chi connectivity index (χ4n) is 1.79. The summed E-state index contributed by atoms with van der Waals surface area (Å²) in [5, 5.41) is 3.39. The van der Waals surface area contributed by atoms with Crippen LogP contribution in [-0.4, -0.2) is 32.3 Å². The van der Waals surface area contributed by atoms with E-state index in [1.807, 2.05) is 24.3 Å². The van der Waals surface area contributed by atoms with Crippen molar-refractivity contribution in [2.45, 2.75) is 32.7 Å². The number of hydrogen-bond acceptors (Lipinski definition) is 4. The van der Waals surface area contributed by atoms with Gasteiger partial charge in [-0.15, -0.1) is 0 Å². The van der Waals surface area contributed by atoms with Crippen LogP contribution in [0.15, 0.2) is 24.3 Å². The molecule has 1 atom stereocenters. The average Bonchev–Trinajstić information content (AvgIpc) is 2.44. The van der Waals surface area contributed by atoms with Crippen LogP contribution in [-0.2, 0) is 16.0 Å². The van der Waals surface area contributed by atoms with Crippen LogP contribution in [0.1, 0.15) is 25.8 Å². The van der Waals surface area contributed by atoms with Gasteiger partial charge in [0.1, 0.15) is 5.75 Å². The number of methoxy groups -OCH3 is 1. The molecule has 0 amide bonds. The first-order valence-corrected chi connectivity index (χ1v) is 6.67. The molecule has 1 aromatic carbocycles. The molecule has 4 heteroatoms. The van der Waals surface area contributed by atoms with Gasteiger partial charge in [-0.2, -0.15) is 0 Å². The molecule has 0 aliphatic carbocycles. The van der Waals surface area contributed by atoms with Crippen LogP contribution < -0.4 is 10.1 Å². The fraction of sp³-hybridized carbons (Fsp3) is 0.533. The summed E-state index contributed by atoms with van der Waals surface area (Å²) >= 11 is 0. The highest BCUT2D eigenvalue weighted by Gasteiger charge is 2.03. The van der Waals surface area contributed by atoms with E-state index in [0.717, 1.165) is 19.4 Å². The number of carbonyl (C=O) groups is 1. The van der Waals surface area contributed by atoms with Crippen molar-refractivity contribution in [2.75, 3.05) is 20.3 Å². The van der Waals surface area contributed by atoms with Gasteiger partial charge >= 0.3 is 5.97 Å². The van der Waals surface area contributed by atoms with Gasteiger partial charge in [0.2, 0.25) is 0 Å². The minimum Gasteiger partial charge on any atom is -0.482 e. The summed E-state index contributed by atoms with van der Waals surface area (Å²) in [6.45, 7) is 5.26. The van der Waals surface area contributed by atoms with E-state index in [-0.39, 0.29) is 12.6 Å². The van der Waals surface area contributed by atoms with E-state index in [1.54, 1.807) is 0 Å². The molecule has 0 bridgehead atoms. The fourth-order valence-corrected chi connectivity index (χ4v) is 1.79. The standard InChI is InChI=1S/C15H23NO3/c1-4-16-12(2)5-6-13-7-9-14(10-8-13)19-11-15(17)18-3/h7-10,12,16H,4-6,11H2,1-3H3. The summed E-state index contributed by atoms with van der Waals surface area (Å²) in [6.07, 6.45) is 2.14. The highest BCUT2D eigenvalue weighted by atomic mass is 16.6. The maximum absolute atomic E-state index is 10.9. The van der Waals surface area contributed by atoms with E-state index >= 15 is 0 Å². The Morgan fingerprint density at radius 1 is 1.32 bits per heavy atom. The van der Waals surface area contributed by atoms with Gasteiger partial charge in [-0.05, 0) is 44.0 Å². The zero-order valence-corrected chi connectivity index (χ0v) is 11.9. The Morgan fingerprint density at radius 2 is 2.00 bits per heavy atom. The Kier molecular flexibility index (Phi) is 6.97. The maximum atomic E-state index is 10.9. The van der Waals surface area contributed by atoms with E-state index in [0.29, 0.717) is 11.8 Å². The number of aryl methyl sites for hydroxylation is 1. The molecule has 0 aliphatic rings. The minimum atomic E-state index is -0.372. The summed E-state index contributed by atoms with van der Waals surface area (Å²) in [6, 6.07) is 8.36. The van der Waals surface area contributed by atoms with Gasteiger partial charge in [-0.25, -0.2) is 4.79 Å². The van der Waals surface area contributed by atoms with Crippen LogP contribution in [0.4, 0.5) is 0 Å². The first-order chi connectivity index (χ1) is 9.15. The van der Waals surface area contributed by atoms with E-state index in [1.165, 1.54) is 12.7 Å². The molecule has 1 N–H and O–H groups in total. The molecular formula is C15H23NO3. The lowest BCUT2D eigenvalue weighted by Gasteiger charge is -2.12. The van der Waals surface area contributed by atoms with Crippen molar-refractivity contribution >= 4 is 5.97 Å². The monoisotopic (exact) mass is 265 g/mol. The van der Waals surface area contributed by atoms with Crippen molar-refractivity contribution in [3.05, 3.63) is 29.8 Å². The lowest BCUT2D eigenvalue weighted by Crippen LogP contribution is -2.25. The first-order valence-electron chi connectivity index (χ1n) is 6.67. The molecule has 0 radical (unpaired) electrons. The number of nitrogens with one attached hydrogen (secondary N) is 1. The van der Waals surface area contributed by atoms with E-state index in [2.05, 4.69) is 23.9 Å². The maximum Gasteiger partial charge on any atom is 0.343 e. The second kappa shape index (κ2) is 8.53. The van der Waals surface area contributed by atoms with Crippen LogP contribution in [0.5, 0.6) is 5.75 Å². The zero-order chi connectivity index (χ0) is 14.1. The Morgan fingerprint density at radius 3 is 2.58 bits per heavy atom. The van der Waals surface area contributed by atoms with E-state index in [9.17, 15) is 4.79 Å². The Balaban J connectivity index is 2.36. The largest absolute Gasteiger partial charge is 0.482 e. The second-order valence-electron chi connectivity index (χ2n) is 4.51. The Bertz CT molecular complexity index is 375. The smallest absolute Gasteiger partial charge is 0.343 e. The van der Waals surface area contributed by atoms with Crippen molar-refractivity contribution in [1.82, 2.24) is 5.32 Å². The predicted octanol–water partition coefficient (Wildman–Crippen LogP) is 2.17. The molecule has 4 nitrogen and oxygen atoms in total. The first kappa shape index (κ1) is 15.5. The summed E-state index contributed by atoms with van der Waals surface area (Å²) in [4.78, 5) is 10.9. The lowest BCUT2D eigenvalue weighted by molar-refractivity contribution is -0.142. The number of carbonyl (C=O) groups excluding carboxylic acids is 1. The number of esters is 1. The number of rotatable bonds is 8. The van der Waals surface area contributed by atoms with Gasteiger partial charge in [0.15, 0.2) is 6.61 Å². The predicted molar refractivity (Wildman–Crippen MR) is 75.4 cm³/mol. The quantitative estimate of drug-likeness (QED) is 0.732. The van der Waals surface area contributed by atoms with Crippen LogP contribution >= 0.6 is 0 Å². The highest BCUT2D eigenvalue weighted by Crippen LogP contribution is 2.14. The van der Waals surface area contributed by atoms with Gasteiger partial charge in [0.05, 0.1) is 7.11 Å². The summed E-state index contributed by atoms with van der Waals surface area (Å²) in [5.41, 5.74) is 1.27. The molecular weight excluding hydrogens is 242 g/mol. The number of ether oxygens (including phenoxy) is 2. The van der Waals surface area contributed by atoms with Crippen LogP contribution in [0, 0.1) is 0 Å². The van der Waals surface area contributed by atoms with Crippen molar-refractivity contribution in [3.8, 4) is 5.75 Å². The molecule has 0 aromatic heterocycles. The Hall–Kier alpha value is -1.55. The van der Waals surface area contributed by atoms with Crippen molar-refractivity contribution in [2.24, 2.45) is 0 Å². The third kappa shape index (κ3) is 6.25. The summed E-state index contributed by atoms with van der Waals surface area (Å²) < 4.78 is 9.80. The number of benzene rings is 1. The molecule has 19 heavy (non-hydrogen) atoms. The molecule has 0 heterocycles. The molecule has 1 rings (SSSR count). The number of hydrogen-bond donors (Lipinski definition) is 1. The average molecular weight is 265 g/mol. The molecule has 1 aromatic rings. The minimum absolute atomic E-state index is 0.0483. The molecule has 0 fully saturated rings. The summed E-state index contributed by atoms with van der Waals surface area (Å²) in [5.74, 6) is 0.317. The van der Waals surface area contributed by atoms with Crippen LogP contribution in [0.25, 0.3) is 0 Å². The third-order valence-corrected chi connectivity index (χ3v) is 2.93. The van der Waals surface area contributed by atoms with Gasteiger partial charge in [-0.1, -0.05) is 19.1 Å². The lowest BCUT2D eigenvalue weighted by atomic mass is 10.1. The van der Waals surface area contributed by atoms with Gasteiger partial charge < -0.3 is 14.8 Å². The van der Waals surface area contributed by atoms with Crippen molar-refractivity contribution in [1.29, 1.82) is 0 Å². The van der Waals surface area contributed by atoms with Crippen LogP contribution in [0.2, 0.25) is 0 Å².